The molecule has 0 aliphatic rings. The zero-order valence-corrected chi connectivity index (χ0v) is 8.85. The van der Waals surface area contributed by atoms with E-state index >= 15 is 0 Å². The summed E-state index contributed by atoms with van der Waals surface area (Å²) in [7, 11) is 0. The molecule has 0 amide bonds. The van der Waals surface area contributed by atoms with Crippen LogP contribution in [0.15, 0.2) is 0 Å². The lowest BCUT2D eigenvalue weighted by Crippen LogP contribution is -2.65. The van der Waals surface area contributed by atoms with E-state index in [1.807, 2.05) is 0 Å². The number of carbonyl (C=O) groups is 2. The van der Waals surface area contributed by atoms with Gasteiger partial charge in [-0.25, -0.2) is 0 Å². The monoisotopic (exact) mass is 344 g/mol. The molecule has 0 atom stereocenters. The van der Waals surface area contributed by atoms with E-state index in [0.29, 0.717) is 0 Å². The molecule has 0 aromatic carbocycles. The van der Waals surface area contributed by atoms with Gasteiger partial charge in [0.25, 0.3) is 5.78 Å². The van der Waals surface area contributed by atoms with Crippen LogP contribution in [0.25, 0.3) is 0 Å². The van der Waals surface area contributed by atoms with Crippen LogP contribution >= 0.6 is 0 Å². The van der Waals surface area contributed by atoms with Crippen molar-refractivity contribution in [2.75, 3.05) is 0 Å². The van der Waals surface area contributed by atoms with Crippen LogP contribution in [0.4, 0.5) is 52.7 Å². The van der Waals surface area contributed by atoms with Crippen molar-refractivity contribution in [1.82, 2.24) is 0 Å². The van der Waals surface area contributed by atoms with Gasteiger partial charge in [-0.2, -0.15) is 52.7 Å². The number of rotatable bonds is 5. The lowest BCUT2D eigenvalue weighted by Gasteiger charge is -2.31. The number of hydrogen-bond acceptors (Lipinski definition) is 2. The second kappa shape index (κ2) is 4.76. The Morgan fingerprint density at radius 3 is 1.14 bits per heavy atom. The molecule has 0 spiro atoms. The zero-order chi connectivity index (χ0) is 17.7. The van der Waals surface area contributed by atoms with E-state index in [-0.39, 0.29) is 0 Å². The Labute approximate surface area is 105 Å². The lowest BCUT2D eigenvalue weighted by molar-refractivity contribution is -0.314. The molecule has 0 fully saturated rings. The molecule has 0 bridgehead atoms. The van der Waals surface area contributed by atoms with Crippen LogP contribution in [0.3, 0.4) is 0 Å². The standard InChI is InChI=1S/C7F12O2/c8-2(21)5(13,14)6(15,16)3(9,10)1(20)4(11,12)7(17,18)19. The third-order valence-corrected chi connectivity index (χ3v) is 1.96. The van der Waals surface area contributed by atoms with E-state index in [2.05, 4.69) is 0 Å². The second-order valence-electron chi connectivity index (χ2n) is 3.40. The topological polar surface area (TPSA) is 34.1 Å². The first kappa shape index (κ1) is 19.5. The number of Topliss-reactive ketones (excluding diaryl/α,β-unsaturated/α-hetero) is 1. The van der Waals surface area contributed by atoms with E-state index in [9.17, 15) is 62.3 Å². The fourth-order valence-corrected chi connectivity index (χ4v) is 0.789. The predicted octanol–water partition coefficient (Wildman–Crippen LogP) is 3.16. The van der Waals surface area contributed by atoms with Crippen LogP contribution in [0.2, 0.25) is 0 Å². The fraction of sp³-hybridized carbons (Fsp3) is 0.714. The van der Waals surface area contributed by atoms with E-state index in [1.54, 1.807) is 0 Å². The molecule has 0 rings (SSSR count). The summed E-state index contributed by atoms with van der Waals surface area (Å²) < 4.78 is 145. The lowest BCUT2D eigenvalue weighted by atomic mass is 9.97. The summed E-state index contributed by atoms with van der Waals surface area (Å²) in [5, 5.41) is 0. The van der Waals surface area contributed by atoms with Crippen LogP contribution < -0.4 is 0 Å². The van der Waals surface area contributed by atoms with Gasteiger partial charge in [0.1, 0.15) is 0 Å². The van der Waals surface area contributed by atoms with Crippen LogP contribution in [0.1, 0.15) is 0 Å². The van der Waals surface area contributed by atoms with Gasteiger partial charge in [-0.15, -0.1) is 0 Å². The largest absolute Gasteiger partial charge is 0.461 e. The van der Waals surface area contributed by atoms with Crippen molar-refractivity contribution < 1.29 is 62.3 Å². The molecule has 0 aromatic rings. The van der Waals surface area contributed by atoms with Crippen molar-refractivity contribution >= 4 is 11.8 Å². The van der Waals surface area contributed by atoms with Crippen molar-refractivity contribution in [2.24, 2.45) is 0 Å². The van der Waals surface area contributed by atoms with Gasteiger partial charge in [-0.1, -0.05) is 0 Å². The van der Waals surface area contributed by atoms with Crippen LogP contribution in [0, 0.1) is 0 Å². The number of alkyl halides is 11. The second-order valence-corrected chi connectivity index (χ2v) is 3.40. The fourth-order valence-electron chi connectivity index (χ4n) is 0.789. The van der Waals surface area contributed by atoms with E-state index < -0.39 is 41.7 Å². The third kappa shape index (κ3) is 2.66. The van der Waals surface area contributed by atoms with E-state index in [4.69, 9.17) is 0 Å². The summed E-state index contributed by atoms with van der Waals surface area (Å²) in [6, 6.07) is -4.46. The first-order valence-electron chi connectivity index (χ1n) is 4.18. The van der Waals surface area contributed by atoms with Gasteiger partial charge in [0.2, 0.25) is 0 Å². The van der Waals surface area contributed by atoms with Gasteiger partial charge < -0.3 is 0 Å². The predicted molar refractivity (Wildman–Crippen MR) is 37.0 cm³/mol. The first-order valence-corrected chi connectivity index (χ1v) is 4.18. The number of halogens is 12. The Bertz CT molecular complexity index is 447. The maximum absolute atomic E-state index is 12.6. The molecule has 124 valence electrons. The van der Waals surface area contributed by atoms with Gasteiger partial charge in [-0.3, -0.25) is 9.59 Å². The molecule has 14 heteroatoms. The Hall–Kier alpha value is -1.50. The normalized spacial score (nSPS) is 15.0. The Morgan fingerprint density at radius 1 is 0.571 bits per heavy atom. The Morgan fingerprint density at radius 2 is 0.905 bits per heavy atom. The summed E-state index contributed by atoms with van der Waals surface area (Å²) >= 11 is 0. The molecule has 0 saturated carbocycles. The average molecular weight is 344 g/mol. The van der Waals surface area contributed by atoms with E-state index in [0.717, 1.165) is 0 Å². The summed E-state index contributed by atoms with van der Waals surface area (Å²) in [4.78, 5) is 19.7. The third-order valence-electron chi connectivity index (χ3n) is 1.96. The molecule has 0 radical (unpaired) electrons. The molecule has 0 unspecified atom stereocenters. The molecule has 0 aliphatic heterocycles. The molecule has 0 aliphatic carbocycles. The van der Waals surface area contributed by atoms with Gasteiger partial charge >= 0.3 is 35.9 Å². The minimum absolute atomic E-state index is 4.46. The Kier molecular flexibility index (Phi) is 4.42. The smallest absolute Gasteiger partial charge is 0.285 e. The highest BCUT2D eigenvalue weighted by atomic mass is 19.4. The summed E-state index contributed by atoms with van der Waals surface area (Å²) in [6.45, 7) is 0. The molecule has 0 saturated heterocycles. The van der Waals surface area contributed by atoms with Gasteiger partial charge in [0, 0.05) is 0 Å². The number of carbonyl (C=O) groups excluding carboxylic acids is 2. The van der Waals surface area contributed by atoms with Crippen molar-refractivity contribution in [2.45, 2.75) is 29.9 Å². The summed E-state index contributed by atoms with van der Waals surface area (Å²) in [6.07, 6.45) is -7.11. The van der Waals surface area contributed by atoms with Crippen molar-refractivity contribution in [3.05, 3.63) is 0 Å². The highest BCUT2D eigenvalue weighted by Gasteiger charge is 2.83. The molecule has 21 heavy (non-hydrogen) atoms. The molecular formula is C7F12O2. The van der Waals surface area contributed by atoms with Crippen molar-refractivity contribution in [3.8, 4) is 0 Å². The van der Waals surface area contributed by atoms with Crippen molar-refractivity contribution in [3.63, 3.8) is 0 Å². The first-order chi connectivity index (χ1) is 8.85. The summed E-state index contributed by atoms with van der Waals surface area (Å²) in [5.74, 6) is -34.0. The van der Waals surface area contributed by atoms with Gasteiger partial charge in [0.15, 0.2) is 0 Å². The molecule has 0 heterocycles. The van der Waals surface area contributed by atoms with Crippen molar-refractivity contribution in [1.29, 1.82) is 0 Å². The summed E-state index contributed by atoms with van der Waals surface area (Å²) in [5.41, 5.74) is 0. The maximum Gasteiger partial charge on any atom is 0.461 e. The Balaban J connectivity index is 6.01. The number of hydrogen-bond donors (Lipinski definition) is 0. The van der Waals surface area contributed by atoms with E-state index in [1.165, 1.54) is 0 Å². The van der Waals surface area contributed by atoms with Gasteiger partial charge in [-0.05, 0) is 0 Å². The average Bonchev–Trinajstić information content (AvgIpc) is 2.25. The minimum atomic E-state index is -7.46. The zero-order valence-electron chi connectivity index (χ0n) is 8.85. The van der Waals surface area contributed by atoms with Gasteiger partial charge in [0.05, 0.1) is 0 Å². The highest BCUT2D eigenvalue weighted by Crippen LogP contribution is 2.51. The maximum atomic E-state index is 12.6. The molecule has 2 nitrogen and oxygen atoms in total. The quantitative estimate of drug-likeness (QED) is 0.567. The molecule has 0 aromatic heterocycles. The van der Waals surface area contributed by atoms with Crippen LogP contribution in [-0.4, -0.2) is 41.7 Å². The number of ketones is 1. The van der Waals surface area contributed by atoms with Crippen LogP contribution in [-0.2, 0) is 9.59 Å². The highest BCUT2D eigenvalue weighted by molar-refractivity contribution is 5.95. The molecular weight excluding hydrogens is 344 g/mol. The minimum Gasteiger partial charge on any atom is -0.285 e. The SMILES string of the molecule is O=C(F)C(F)(F)C(F)(F)C(F)(F)C(=O)C(F)(F)C(F)(F)F. The molecule has 0 N–H and O–H groups in total. The van der Waals surface area contributed by atoms with Crippen LogP contribution in [0.5, 0.6) is 0 Å².